The fraction of sp³-hybridized carbons (Fsp3) is 0.875. The highest BCUT2D eigenvalue weighted by Crippen LogP contribution is 2.26. The SMILES string of the molecule is C=S(CC)CO.CC1CC1. The van der Waals surface area contributed by atoms with E-state index in [-0.39, 0.29) is 16.4 Å². The normalized spacial score (nSPS) is 19.1. The fourth-order valence-electron chi connectivity index (χ4n) is 0.258. The summed E-state index contributed by atoms with van der Waals surface area (Å²) < 4.78 is 0. The molecule has 0 aromatic carbocycles. The molecule has 0 heterocycles. The van der Waals surface area contributed by atoms with Crippen LogP contribution < -0.4 is 0 Å². The van der Waals surface area contributed by atoms with Crippen molar-refractivity contribution in [3.63, 3.8) is 0 Å². The Hall–Kier alpha value is 0.180. The number of aliphatic hydroxyl groups is 1. The molecule has 1 atom stereocenters. The Labute approximate surface area is 66.4 Å². The Morgan fingerprint density at radius 2 is 2.00 bits per heavy atom. The van der Waals surface area contributed by atoms with E-state index >= 15 is 0 Å². The highest BCUT2D eigenvalue weighted by atomic mass is 32.2. The summed E-state index contributed by atoms with van der Waals surface area (Å²) in [5.74, 6) is 5.98. The van der Waals surface area contributed by atoms with E-state index in [2.05, 4.69) is 12.8 Å². The largest absolute Gasteiger partial charge is 0.386 e. The highest BCUT2D eigenvalue weighted by molar-refractivity contribution is 8.13. The Morgan fingerprint density at radius 3 is 2.00 bits per heavy atom. The molecule has 0 amide bonds. The highest BCUT2D eigenvalue weighted by Gasteiger charge is 2.12. The average molecular weight is 162 g/mol. The molecule has 1 unspecified atom stereocenters. The minimum atomic E-state index is 0.0216. The van der Waals surface area contributed by atoms with Crippen LogP contribution in [-0.4, -0.2) is 22.7 Å². The molecule has 0 bridgehead atoms. The Morgan fingerprint density at radius 1 is 1.60 bits per heavy atom. The lowest BCUT2D eigenvalue weighted by Crippen LogP contribution is -1.77. The lowest BCUT2D eigenvalue weighted by molar-refractivity contribution is 0.375. The van der Waals surface area contributed by atoms with Gasteiger partial charge in [0.2, 0.25) is 0 Å². The van der Waals surface area contributed by atoms with E-state index in [1.165, 1.54) is 12.8 Å². The third-order valence-electron chi connectivity index (χ3n) is 1.46. The van der Waals surface area contributed by atoms with Crippen LogP contribution in [-0.2, 0) is 0 Å². The van der Waals surface area contributed by atoms with Crippen LogP contribution in [0.3, 0.4) is 0 Å². The van der Waals surface area contributed by atoms with E-state index in [1.807, 2.05) is 6.92 Å². The summed E-state index contributed by atoms with van der Waals surface area (Å²) in [6, 6.07) is 0. The molecule has 10 heavy (non-hydrogen) atoms. The number of hydrogen-bond acceptors (Lipinski definition) is 1. The maximum absolute atomic E-state index is 8.28. The number of rotatable bonds is 2. The van der Waals surface area contributed by atoms with E-state index in [1.54, 1.807) is 0 Å². The molecule has 62 valence electrons. The molecule has 1 N–H and O–H groups in total. The van der Waals surface area contributed by atoms with Crippen LogP contribution in [0.2, 0.25) is 0 Å². The molecule has 1 saturated carbocycles. The maximum atomic E-state index is 8.28. The summed E-state index contributed by atoms with van der Waals surface area (Å²) in [4.78, 5) is 0. The summed E-state index contributed by atoms with van der Waals surface area (Å²) in [6.45, 7) is 4.30. The summed E-state index contributed by atoms with van der Waals surface area (Å²) in [5.41, 5.74) is 0. The second-order valence-electron chi connectivity index (χ2n) is 2.71. The quantitative estimate of drug-likeness (QED) is 0.616. The average Bonchev–Trinajstić information content (AvgIpc) is 2.71. The molecule has 0 radical (unpaired) electrons. The van der Waals surface area contributed by atoms with Crippen molar-refractivity contribution in [2.24, 2.45) is 5.92 Å². The third kappa shape index (κ3) is 8.18. The zero-order valence-corrected chi connectivity index (χ0v) is 7.78. The first-order valence-corrected chi connectivity index (χ1v) is 5.52. The first-order valence-electron chi connectivity index (χ1n) is 3.78. The second-order valence-corrected chi connectivity index (χ2v) is 4.77. The van der Waals surface area contributed by atoms with Gasteiger partial charge in [-0.05, 0) is 11.7 Å². The fourth-order valence-corrected chi connectivity index (χ4v) is 0.441. The van der Waals surface area contributed by atoms with Gasteiger partial charge in [0.1, 0.15) is 0 Å². The van der Waals surface area contributed by atoms with Crippen LogP contribution in [0.25, 0.3) is 0 Å². The molecular formula is C8H18OS. The molecule has 0 aromatic heterocycles. The van der Waals surface area contributed by atoms with Gasteiger partial charge < -0.3 is 5.11 Å². The standard InChI is InChI=1S/C4H10OS.C4H8/c1-3-6(2)4-5;1-4-2-3-4/h5H,2-4H2,1H3;4H,2-3H2,1H3. The van der Waals surface area contributed by atoms with Gasteiger partial charge in [-0.3, -0.25) is 0 Å². The first-order chi connectivity index (χ1) is 4.70. The second kappa shape index (κ2) is 5.93. The predicted molar refractivity (Wildman–Crippen MR) is 50.7 cm³/mol. The summed E-state index contributed by atoms with van der Waals surface area (Å²) >= 11 is 0. The monoisotopic (exact) mass is 162 g/mol. The van der Waals surface area contributed by atoms with Crippen LogP contribution in [0.5, 0.6) is 0 Å². The van der Waals surface area contributed by atoms with E-state index in [4.69, 9.17) is 5.11 Å². The maximum Gasteiger partial charge on any atom is 0.0833 e. The van der Waals surface area contributed by atoms with Crippen molar-refractivity contribution in [1.29, 1.82) is 0 Å². The van der Waals surface area contributed by atoms with Gasteiger partial charge in [0.05, 0.1) is 5.94 Å². The molecule has 0 aromatic rings. The number of aliphatic hydroxyl groups excluding tert-OH is 1. The first kappa shape index (κ1) is 10.2. The van der Waals surface area contributed by atoms with Gasteiger partial charge in [-0.1, -0.05) is 32.6 Å². The van der Waals surface area contributed by atoms with Crippen molar-refractivity contribution in [2.75, 3.05) is 11.7 Å². The minimum absolute atomic E-state index is 0.0216. The molecule has 2 heteroatoms. The minimum Gasteiger partial charge on any atom is -0.386 e. The summed E-state index contributed by atoms with van der Waals surface area (Å²) in [5, 5.41) is 8.28. The van der Waals surface area contributed by atoms with Crippen molar-refractivity contribution in [3.05, 3.63) is 0 Å². The zero-order chi connectivity index (χ0) is 7.98. The Balaban J connectivity index is 0.000000172. The van der Waals surface area contributed by atoms with Crippen LogP contribution in [0.1, 0.15) is 26.7 Å². The molecule has 1 nitrogen and oxygen atoms in total. The van der Waals surface area contributed by atoms with Crippen molar-refractivity contribution in [3.8, 4) is 0 Å². The lowest BCUT2D eigenvalue weighted by Gasteiger charge is -1.91. The van der Waals surface area contributed by atoms with Crippen LogP contribution >= 0.6 is 10.5 Å². The van der Waals surface area contributed by atoms with Gasteiger partial charge in [-0.25, -0.2) is 0 Å². The van der Waals surface area contributed by atoms with E-state index in [9.17, 15) is 0 Å². The van der Waals surface area contributed by atoms with Gasteiger partial charge in [-0.2, -0.15) is 10.5 Å². The molecule has 0 aliphatic heterocycles. The molecule has 1 rings (SSSR count). The van der Waals surface area contributed by atoms with Crippen LogP contribution in [0, 0.1) is 5.92 Å². The Kier molecular flexibility index (Phi) is 6.03. The smallest absolute Gasteiger partial charge is 0.0833 e. The zero-order valence-electron chi connectivity index (χ0n) is 6.97. The molecule has 0 spiro atoms. The predicted octanol–water partition coefficient (Wildman–Crippen LogP) is 2.07. The summed E-state index contributed by atoms with van der Waals surface area (Å²) in [7, 11) is 0.0216. The van der Waals surface area contributed by atoms with Crippen molar-refractivity contribution in [2.45, 2.75) is 26.7 Å². The van der Waals surface area contributed by atoms with E-state index in [0.29, 0.717) is 0 Å². The number of hydrogen-bond donors (Lipinski definition) is 1. The molecule has 1 aliphatic carbocycles. The molecular weight excluding hydrogens is 144 g/mol. The van der Waals surface area contributed by atoms with E-state index in [0.717, 1.165) is 11.7 Å². The van der Waals surface area contributed by atoms with Gasteiger partial charge in [0, 0.05) is 0 Å². The third-order valence-corrected chi connectivity index (χ3v) is 2.64. The van der Waals surface area contributed by atoms with Gasteiger partial charge in [0.25, 0.3) is 0 Å². The van der Waals surface area contributed by atoms with Gasteiger partial charge in [0.15, 0.2) is 0 Å². The van der Waals surface area contributed by atoms with Crippen LogP contribution in [0.15, 0.2) is 0 Å². The Bertz CT molecular complexity index is 91.4. The molecule has 1 aliphatic rings. The van der Waals surface area contributed by atoms with Gasteiger partial charge in [-0.15, -0.1) is 0 Å². The van der Waals surface area contributed by atoms with Crippen molar-refractivity contribution in [1.82, 2.24) is 0 Å². The van der Waals surface area contributed by atoms with E-state index < -0.39 is 0 Å². The summed E-state index contributed by atoms with van der Waals surface area (Å²) in [6.07, 6.45) is 2.97. The molecule has 1 fully saturated rings. The van der Waals surface area contributed by atoms with Crippen molar-refractivity contribution < 1.29 is 5.11 Å². The molecule has 0 saturated heterocycles. The van der Waals surface area contributed by atoms with Gasteiger partial charge >= 0.3 is 0 Å². The topological polar surface area (TPSA) is 20.2 Å². The van der Waals surface area contributed by atoms with Crippen molar-refractivity contribution >= 4 is 16.4 Å². The van der Waals surface area contributed by atoms with Crippen LogP contribution in [0.4, 0.5) is 0 Å². The lowest BCUT2D eigenvalue weighted by atomic mass is 10.5.